The summed E-state index contributed by atoms with van der Waals surface area (Å²) in [6, 6.07) is 0. The van der Waals surface area contributed by atoms with E-state index in [-0.39, 0.29) is 11.8 Å². The van der Waals surface area contributed by atoms with E-state index in [9.17, 15) is 9.59 Å². The monoisotopic (exact) mass is 208 g/mol. The van der Waals surface area contributed by atoms with Crippen molar-refractivity contribution in [2.45, 2.75) is 26.2 Å². The van der Waals surface area contributed by atoms with Crippen LogP contribution in [-0.2, 0) is 14.3 Å². The van der Waals surface area contributed by atoms with E-state index in [1.807, 2.05) is 0 Å². The van der Waals surface area contributed by atoms with Gasteiger partial charge in [0.2, 0.25) is 0 Å². The molecule has 0 bridgehead atoms. The molecule has 0 aromatic heterocycles. The molecule has 3 heteroatoms. The highest BCUT2D eigenvalue weighted by Crippen LogP contribution is 2.37. The number of carbonyl (C=O) groups is 2. The largest absolute Gasteiger partial charge is 0.466 e. The molecule has 0 saturated heterocycles. The van der Waals surface area contributed by atoms with Crippen LogP contribution in [0.25, 0.3) is 0 Å². The number of ketones is 1. The first kappa shape index (κ1) is 11.7. The SMILES string of the molecule is C=CC1(C(C)=O)CC=C(C(=O)OC)CC1. The van der Waals surface area contributed by atoms with E-state index in [4.69, 9.17) is 0 Å². The molecule has 82 valence electrons. The summed E-state index contributed by atoms with van der Waals surface area (Å²) in [5.41, 5.74) is 0.188. The van der Waals surface area contributed by atoms with Gasteiger partial charge in [0.05, 0.1) is 12.5 Å². The van der Waals surface area contributed by atoms with E-state index >= 15 is 0 Å². The lowest BCUT2D eigenvalue weighted by molar-refractivity contribution is -0.137. The fourth-order valence-electron chi connectivity index (χ4n) is 1.83. The third-order valence-corrected chi connectivity index (χ3v) is 3.09. The van der Waals surface area contributed by atoms with Gasteiger partial charge in [0, 0.05) is 5.57 Å². The highest BCUT2D eigenvalue weighted by molar-refractivity contribution is 5.90. The van der Waals surface area contributed by atoms with E-state index < -0.39 is 5.41 Å². The van der Waals surface area contributed by atoms with Crippen LogP contribution < -0.4 is 0 Å². The Morgan fingerprint density at radius 2 is 2.27 bits per heavy atom. The quantitative estimate of drug-likeness (QED) is 0.526. The number of rotatable bonds is 3. The molecule has 15 heavy (non-hydrogen) atoms. The first-order valence-corrected chi connectivity index (χ1v) is 4.98. The molecular weight excluding hydrogens is 192 g/mol. The maximum Gasteiger partial charge on any atom is 0.333 e. The molecule has 1 aliphatic rings. The predicted molar refractivity (Wildman–Crippen MR) is 57.3 cm³/mol. The normalized spacial score (nSPS) is 25.3. The van der Waals surface area contributed by atoms with Crippen molar-refractivity contribution in [1.29, 1.82) is 0 Å². The molecule has 0 spiro atoms. The van der Waals surface area contributed by atoms with Gasteiger partial charge in [-0.05, 0) is 26.2 Å². The Hall–Kier alpha value is -1.38. The first-order chi connectivity index (χ1) is 7.05. The van der Waals surface area contributed by atoms with Gasteiger partial charge in [-0.2, -0.15) is 0 Å². The van der Waals surface area contributed by atoms with Crippen molar-refractivity contribution in [1.82, 2.24) is 0 Å². The minimum absolute atomic E-state index is 0.109. The molecule has 1 unspecified atom stereocenters. The summed E-state index contributed by atoms with van der Waals surface area (Å²) in [6.07, 6.45) is 5.26. The summed E-state index contributed by atoms with van der Waals surface area (Å²) >= 11 is 0. The average molecular weight is 208 g/mol. The van der Waals surface area contributed by atoms with Crippen molar-refractivity contribution in [3.8, 4) is 0 Å². The average Bonchev–Trinajstić information content (AvgIpc) is 2.28. The standard InChI is InChI=1S/C12H16O3/c1-4-12(9(2)13)7-5-10(6-8-12)11(14)15-3/h4-5H,1,6-8H2,2-3H3. The molecule has 0 fully saturated rings. The number of Topliss-reactive ketones (excluding diaryl/α,β-unsaturated/α-hetero) is 1. The second-order valence-corrected chi connectivity index (χ2v) is 3.84. The smallest absolute Gasteiger partial charge is 0.333 e. The summed E-state index contributed by atoms with van der Waals surface area (Å²) in [5.74, 6) is -0.186. The second kappa shape index (κ2) is 4.43. The topological polar surface area (TPSA) is 43.4 Å². The van der Waals surface area contributed by atoms with Gasteiger partial charge in [0.25, 0.3) is 0 Å². The maximum absolute atomic E-state index is 11.5. The lowest BCUT2D eigenvalue weighted by atomic mass is 9.72. The van der Waals surface area contributed by atoms with E-state index in [2.05, 4.69) is 11.3 Å². The zero-order valence-corrected chi connectivity index (χ0v) is 9.21. The molecule has 0 amide bonds. The van der Waals surface area contributed by atoms with Crippen LogP contribution in [0.1, 0.15) is 26.2 Å². The van der Waals surface area contributed by atoms with E-state index in [0.717, 1.165) is 0 Å². The molecule has 0 N–H and O–H groups in total. The van der Waals surface area contributed by atoms with Gasteiger partial charge in [-0.1, -0.05) is 12.2 Å². The zero-order chi connectivity index (χ0) is 11.5. The third-order valence-electron chi connectivity index (χ3n) is 3.09. The number of hydrogen-bond donors (Lipinski definition) is 0. The second-order valence-electron chi connectivity index (χ2n) is 3.84. The van der Waals surface area contributed by atoms with Gasteiger partial charge in [-0.3, -0.25) is 4.79 Å². The Morgan fingerprint density at radius 1 is 1.60 bits per heavy atom. The molecule has 0 aliphatic heterocycles. The molecule has 3 nitrogen and oxygen atoms in total. The number of ether oxygens (including phenoxy) is 1. The van der Waals surface area contributed by atoms with E-state index in [1.54, 1.807) is 19.1 Å². The van der Waals surface area contributed by atoms with Gasteiger partial charge < -0.3 is 4.74 Å². The van der Waals surface area contributed by atoms with Crippen LogP contribution in [0.4, 0.5) is 0 Å². The molecule has 1 aliphatic carbocycles. The minimum Gasteiger partial charge on any atom is -0.466 e. The Balaban J connectivity index is 2.84. The minimum atomic E-state index is -0.475. The molecule has 1 rings (SSSR count). The fraction of sp³-hybridized carbons (Fsp3) is 0.500. The summed E-state index contributed by atoms with van der Waals surface area (Å²) in [7, 11) is 1.36. The van der Waals surface area contributed by atoms with Crippen molar-refractivity contribution in [3.63, 3.8) is 0 Å². The lowest BCUT2D eigenvalue weighted by Crippen LogP contribution is -2.29. The third kappa shape index (κ3) is 2.17. The van der Waals surface area contributed by atoms with Gasteiger partial charge in [0.15, 0.2) is 0 Å². The molecule has 0 aromatic carbocycles. The van der Waals surface area contributed by atoms with Crippen LogP contribution in [0.3, 0.4) is 0 Å². The molecule has 0 heterocycles. The Kier molecular flexibility index (Phi) is 3.45. The number of allylic oxidation sites excluding steroid dienone is 2. The number of carbonyl (C=O) groups excluding carboxylic acids is 2. The number of hydrogen-bond acceptors (Lipinski definition) is 3. The Bertz CT molecular complexity index is 328. The number of esters is 1. The molecule has 0 aromatic rings. The van der Waals surface area contributed by atoms with Crippen molar-refractivity contribution in [2.24, 2.45) is 5.41 Å². The van der Waals surface area contributed by atoms with Crippen LogP contribution in [0.5, 0.6) is 0 Å². The highest BCUT2D eigenvalue weighted by Gasteiger charge is 2.34. The Morgan fingerprint density at radius 3 is 2.60 bits per heavy atom. The van der Waals surface area contributed by atoms with Crippen molar-refractivity contribution in [3.05, 3.63) is 24.3 Å². The van der Waals surface area contributed by atoms with Gasteiger partial charge in [-0.15, -0.1) is 6.58 Å². The van der Waals surface area contributed by atoms with Gasteiger partial charge in [-0.25, -0.2) is 4.79 Å². The van der Waals surface area contributed by atoms with Crippen molar-refractivity contribution >= 4 is 11.8 Å². The molecular formula is C12H16O3. The fourth-order valence-corrected chi connectivity index (χ4v) is 1.83. The van der Waals surface area contributed by atoms with Crippen LogP contribution >= 0.6 is 0 Å². The first-order valence-electron chi connectivity index (χ1n) is 4.98. The van der Waals surface area contributed by atoms with Gasteiger partial charge in [0.1, 0.15) is 5.78 Å². The predicted octanol–water partition coefficient (Wildman–Crippen LogP) is 2.03. The van der Waals surface area contributed by atoms with Crippen molar-refractivity contribution in [2.75, 3.05) is 7.11 Å². The van der Waals surface area contributed by atoms with E-state index in [1.165, 1.54) is 7.11 Å². The summed E-state index contributed by atoms with van der Waals surface area (Å²) < 4.78 is 4.63. The zero-order valence-electron chi connectivity index (χ0n) is 9.21. The van der Waals surface area contributed by atoms with Crippen molar-refractivity contribution < 1.29 is 14.3 Å². The van der Waals surface area contributed by atoms with Gasteiger partial charge >= 0.3 is 5.97 Å². The van der Waals surface area contributed by atoms with Crippen LogP contribution in [0, 0.1) is 5.41 Å². The lowest BCUT2D eigenvalue weighted by Gasteiger charge is -2.30. The maximum atomic E-state index is 11.5. The van der Waals surface area contributed by atoms with E-state index in [0.29, 0.717) is 24.8 Å². The van der Waals surface area contributed by atoms with Crippen LogP contribution in [-0.4, -0.2) is 18.9 Å². The van der Waals surface area contributed by atoms with Crippen LogP contribution in [0.15, 0.2) is 24.3 Å². The summed E-state index contributed by atoms with van der Waals surface area (Å²) in [4.78, 5) is 22.7. The number of methoxy groups -OCH3 is 1. The summed E-state index contributed by atoms with van der Waals surface area (Å²) in [6.45, 7) is 5.27. The molecule has 0 radical (unpaired) electrons. The summed E-state index contributed by atoms with van der Waals surface area (Å²) in [5, 5.41) is 0. The molecule has 0 saturated carbocycles. The Labute approximate surface area is 89.8 Å². The molecule has 1 atom stereocenters. The highest BCUT2D eigenvalue weighted by atomic mass is 16.5. The van der Waals surface area contributed by atoms with Crippen LogP contribution in [0.2, 0.25) is 0 Å².